The number of aryl methyl sites for hydroxylation is 2. The van der Waals surface area contributed by atoms with Crippen LogP contribution in [0, 0.1) is 13.8 Å². The van der Waals surface area contributed by atoms with Crippen LogP contribution >= 0.6 is 0 Å². The summed E-state index contributed by atoms with van der Waals surface area (Å²) in [5.41, 5.74) is 3.35. The third kappa shape index (κ3) is 4.09. The van der Waals surface area contributed by atoms with Crippen LogP contribution in [-0.2, 0) is 4.74 Å². The summed E-state index contributed by atoms with van der Waals surface area (Å²) >= 11 is 0. The van der Waals surface area contributed by atoms with E-state index in [1.54, 1.807) is 13.3 Å². The van der Waals surface area contributed by atoms with Crippen LogP contribution in [0.2, 0.25) is 0 Å². The predicted octanol–water partition coefficient (Wildman–Crippen LogP) is 3.09. The van der Waals surface area contributed by atoms with E-state index in [0.29, 0.717) is 12.2 Å². The summed E-state index contributed by atoms with van der Waals surface area (Å²) in [7, 11) is 1.97. The summed E-state index contributed by atoms with van der Waals surface area (Å²) in [5.74, 6) is -0.274. The maximum atomic E-state index is 11.8. The van der Waals surface area contributed by atoms with Gasteiger partial charge in [0.15, 0.2) is 0 Å². The summed E-state index contributed by atoms with van der Waals surface area (Å²) < 4.78 is 5.03. The Balaban J connectivity index is 3.03. The van der Waals surface area contributed by atoms with Gasteiger partial charge < -0.3 is 9.64 Å². The van der Waals surface area contributed by atoms with Crippen molar-refractivity contribution in [2.45, 2.75) is 27.7 Å². The van der Waals surface area contributed by atoms with Crippen LogP contribution in [0.3, 0.4) is 0 Å². The minimum Gasteiger partial charge on any atom is -0.462 e. The van der Waals surface area contributed by atoms with Gasteiger partial charge in [-0.1, -0.05) is 0 Å². The summed E-state index contributed by atoms with van der Waals surface area (Å²) in [5, 5.41) is 0. The smallest absolute Gasteiger partial charge is 0.338 e. The lowest BCUT2D eigenvalue weighted by atomic mass is 10.0. The molecule has 0 saturated carbocycles. The van der Waals surface area contributed by atoms with Gasteiger partial charge in [0.1, 0.15) is 0 Å². The van der Waals surface area contributed by atoms with Crippen molar-refractivity contribution in [1.29, 1.82) is 0 Å². The highest BCUT2D eigenvalue weighted by molar-refractivity contribution is 5.92. The molecule has 0 N–H and O–H groups in total. The molecule has 1 rings (SSSR count). The molecule has 0 spiro atoms. The van der Waals surface area contributed by atoms with Crippen LogP contribution in [0.5, 0.6) is 0 Å². The summed E-state index contributed by atoms with van der Waals surface area (Å²) in [4.78, 5) is 18.2. The third-order valence-electron chi connectivity index (χ3n) is 2.93. The van der Waals surface area contributed by atoms with Gasteiger partial charge in [0.2, 0.25) is 0 Å². The molecule has 0 radical (unpaired) electrons. The molecule has 4 nitrogen and oxygen atoms in total. The Bertz CT molecular complexity index is 481. The van der Waals surface area contributed by atoms with Gasteiger partial charge in [-0.05, 0) is 51.0 Å². The normalized spacial score (nSPS) is 10.8. The van der Waals surface area contributed by atoms with Gasteiger partial charge in [0, 0.05) is 13.6 Å². The minimum absolute atomic E-state index is 0.274. The van der Waals surface area contributed by atoms with Crippen LogP contribution in [0.15, 0.2) is 17.1 Å². The molecule has 0 unspecified atom stereocenters. The van der Waals surface area contributed by atoms with Gasteiger partial charge in [0.25, 0.3) is 0 Å². The lowest BCUT2D eigenvalue weighted by Gasteiger charge is -2.11. The number of aliphatic imine (C=N–C) groups is 1. The standard InChI is InChI=1S/C15H22N2O2/c1-6-17(5)10-16-14-9-11(3)13(8-12(14)4)15(18)19-7-2/h8-10H,6-7H2,1-5H3. The number of rotatable bonds is 5. The molecule has 0 aromatic heterocycles. The lowest BCUT2D eigenvalue weighted by molar-refractivity contribution is 0.0525. The fourth-order valence-electron chi connectivity index (χ4n) is 1.61. The molecule has 0 aliphatic heterocycles. The van der Waals surface area contributed by atoms with Crippen molar-refractivity contribution >= 4 is 18.0 Å². The maximum Gasteiger partial charge on any atom is 0.338 e. The average molecular weight is 262 g/mol. The first-order valence-corrected chi connectivity index (χ1v) is 6.52. The molecule has 0 amide bonds. The van der Waals surface area contributed by atoms with E-state index in [-0.39, 0.29) is 5.97 Å². The fourth-order valence-corrected chi connectivity index (χ4v) is 1.61. The first-order chi connectivity index (χ1) is 8.99. The second kappa shape index (κ2) is 6.92. The van der Waals surface area contributed by atoms with E-state index in [4.69, 9.17) is 4.74 Å². The molecule has 0 aliphatic carbocycles. The molecule has 0 saturated heterocycles. The van der Waals surface area contributed by atoms with Crippen molar-refractivity contribution in [3.05, 3.63) is 28.8 Å². The second-order valence-electron chi connectivity index (χ2n) is 4.49. The number of nitrogens with zero attached hydrogens (tertiary/aromatic N) is 2. The second-order valence-corrected chi connectivity index (χ2v) is 4.49. The molecule has 1 aromatic carbocycles. The van der Waals surface area contributed by atoms with Gasteiger partial charge in [-0.2, -0.15) is 0 Å². The SMILES string of the molecule is CCOC(=O)c1cc(C)c(N=CN(C)CC)cc1C. The van der Waals surface area contributed by atoms with Crippen LogP contribution in [-0.4, -0.2) is 37.4 Å². The van der Waals surface area contributed by atoms with Crippen LogP contribution in [0.25, 0.3) is 0 Å². The summed E-state index contributed by atoms with van der Waals surface area (Å²) in [6.45, 7) is 9.00. The van der Waals surface area contributed by atoms with Gasteiger partial charge in [0.05, 0.1) is 24.2 Å². The zero-order valence-corrected chi connectivity index (χ0v) is 12.4. The maximum absolute atomic E-state index is 11.8. The number of carbonyl (C=O) groups is 1. The zero-order chi connectivity index (χ0) is 14.4. The summed E-state index contributed by atoms with van der Waals surface area (Å²) in [6.07, 6.45) is 1.80. The average Bonchev–Trinajstić information content (AvgIpc) is 2.39. The van der Waals surface area contributed by atoms with Crippen molar-refractivity contribution in [2.24, 2.45) is 4.99 Å². The van der Waals surface area contributed by atoms with E-state index in [1.807, 2.05) is 37.9 Å². The van der Waals surface area contributed by atoms with Crippen LogP contribution in [0.1, 0.15) is 35.3 Å². The molecule has 19 heavy (non-hydrogen) atoms. The Kier molecular flexibility index (Phi) is 5.55. The molecule has 4 heteroatoms. The van der Waals surface area contributed by atoms with E-state index in [9.17, 15) is 4.79 Å². The number of hydrogen-bond acceptors (Lipinski definition) is 3. The Morgan fingerprint density at radius 2 is 2.00 bits per heavy atom. The Hall–Kier alpha value is -1.84. The van der Waals surface area contributed by atoms with Gasteiger partial charge in [-0.25, -0.2) is 9.79 Å². The van der Waals surface area contributed by atoms with Crippen LogP contribution < -0.4 is 0 Å². The Morgan fingerprint density at radius 1 is 1.32 bits per heavy atom. The number of ether oxygens (including phenoxy) is 1. The van der Waals surface area contributed by atoms with E-state index in [1.165, 1.54) is 0 Å². The molecule has 1 aromatic rings. The molecule has 104 valence electrons. The first kappa shape index (κ1) is 15.2. The summed E-state index contributed by atoms with van der Waals surface area (Å²) in [6, 6.07) is 3.76. The topological polar surface area (TPSA) is 41.9 Å². The van der Waals surface area contributed by atoms with E-state index in [0.717, 1.165) is 23.4 Å². The van der Waals surface area contributed by atoms with Crippen molar-refractivity contribution < 1.29 is 9.53 Å². The predicted molar refractivity (Wildman–Crippen MR) is 78.3 cm³/mol. The Morgan fingerprint density at radius 3 is 2.58 bits per heavy atom. The van der Waals surface area contributed by atoms with Gasteiger partial charge in [-0.15, -0.1) is 0 Å². The number of carbonyl (C=O) groups excluding carboxylic acids is 1. The highest BCUT2D eigenvalue weighted by Crippen LogP contribution is 2.23. The van der Waals surface area contributed by atoms with Gasteiger partial charge >= 0.3 is 5.97 Å². The monoisotopic (exact) mass is 262 g/mol. The fraction of sp³-hybridized carbons (Fsp3) is 0.467. The van der Waals surface area contributed by atoms with Crippen molar-refractivity contribution in [1.82, 2.24) is 4.90 Å². The molecule has 0 heterocycles. The zero-order valence-electron chi connectivity index (χ0n) is 12.4. The third-order valence-corrected chi connectivity index (χ3v) is 2.93. The van der Waals surface area contributed by atoms with Crippen molar-refractivity contribution in [3.8, 4) is 0 Å². The molecular weight excluding hydrogens is 240 g/mol. The number of benzene rings is 1. The highest BCUT2D eigenvalue weighted by Gasteiger charge is 2.12. The highest BCUT2D eigenvalue weighted by atomic mass is 16.5. The quantitative estimate of drug-likeness (QED) is 0.465. The molecule has 0 fully saturated rings. The van der Waals surface area contributed by atoms with Gasteiger partial charge in [-0.3, -0.25) is 0 Å². The van der Waals surface area contributed by atoms with E-state index >= 15 is 0 Å². The Labute approximate surface area is 115 Å². The van der Waals surface area contributed by atoms with Crippen molar-refractivity contribution in [2.75, 3.05) is 20.2 Å². The first-order valence-electron chi connectivity index (χ1n) is 6.52. The number of esters is 1. The van der Waals surface area contributed by atoms with E-state index in [2.05, 4.69) is 11.9 Å². The molecule has 0 aliphatic rings. The molecule has 0 atom stereocenters. The van der Waals surface area contributed by atoms with E-state index < -0.39 is 0 Å². The molecular formula is C15H22N2O2. The number of hydrogen-bond donors (Lipinski definition) is 0. The minimum atomic E-state index is -0.274. The van der Waals surface area contributed by atoms with Crippen molar-refractivity contribution in [3.63, 3.8) is 0 Å². The largest absolute Gasteiger partial charge is 0.462 e. The molecule has 0 bridgehead atoms. The lowest BCUT2D eigenvalue weighted by Crippen LogP contribution is -2.14. The van der Waals surface area contributed by atoms with Crippen LogP contribution in [0.4, 0.5) is 5.69 Å².